The maximum atomic E-state index is 12.9. The zero-order valence-corrected chi connectivity index (χ0v) is 14.7. The molecule has 0 aliphatic rings. The van der Waals surface area contributed by atoms with Crippen LogP contribution in [0.1, 0.15) is 48.6 Å². The molecule has 0 amide bonds. The Hall–Kier alpha value is -2.88. The summed E-state index contributed by atoms with van der Waals surface area (Å²) in [6.07, 6.45) is -4.81. The van der Waals surface area contributed by atoms with Crippen molar-refractivity contribution >= 4 is 11.9 Å². The molecule has 2 rings (SSSR count). The van der Waals surface area contributed by atoms with E-state index >= 15 is 0 Å². The lowest BCUT2D eigenvalue weighted by Crippen LogP contribution is -2.31. The number of ether oxygens (including phenoxy) is 1. The summed E-state index contributed by atoms with van der Waals surface area (Å²) in [6.45, 7) is 4.99. The van der Waals surface area contributed by atoms with E-state index in [4.69, 9.17) is 10.5 Å². The van der Waals surface area contributed by atoms with Gasteiger partial charge in [-0.25, -0.2) is 14.3 Å². The smallest absolute Gasteiger partial charge is 0.435 e. The fraction of sp³-hybridized carbons (Fsp3) is 0.353. The molecule has 1 atom stereocenters. The zero-order chi connectivity index (χ0) is 20.6. The van der Waals surface area contributed by atoms with Gasteiger partial charge in [-0.2, -0.15) is 18.3 Å². The number of carbonyl (C=O) groups is 2. The molecule has 0 fully saturated rings. The SMILES string of the molecule is CC(C)(C)OC(=O)C(N)c1cccc(-n2nc(C(F)(F)F)cc2C(=O)O)c1. The molecular formula is C17H18F3N3O4. The Morgan fingerprint density at radius 1 is 1.22 bits per heavy atom. The Labute approximate surface area is 152 Å². The third kappa shape index (κ3) is 4.85. The molecule has 27 heavy (non-hydrogen) atoms. The molecule has 2 aromatic rings. The summed E-state index contributed by atoms with van der Waals surface area (Å²) in [5.74, 6) is -2.31. The highest BCUT2D eigenvalue weighted by Crippen LogP contribution is 2.30. The van der Waals surface area contributed by atoms with Crippen LogP contribution in [0.4, 0.5) is 13.2 Å². The van der Waals surface area contributed by atoms with Gasteiger partial charge in [0.25, 0.3) is 0 Å². The van der Waals surface area contributed by atoms with Gasteiger partial charge in [-0.3, -0.25) is 0 Å². The Kier molecular flexibility index (Phi) is 5.32. The van der Waals surface area contributed by atoms with Crippen molar-refractivity contribution in [3.05, 3.63) is 47.3 Å². The Bertz CT molecular complexity index is 869. The summed E-state index contributed by atoms with van der Waals surface area (Å²) in [5.41, 5.74) is 3.32. The summed E-state index contributed by atoms with van der Waals surface area (Å²) in [7, 11) is 0. The van der Waals surface area contributed by atoms with Crippen molar-refractivity contribution in [1.29, 1.82) is 0 Å². The largest absolute Gasteiger partial charge is 0.477 e. The molecule has 0 aliphatic carbocycles. The third-order valence-corrected chi connectivity index (χ3v) is 3.35. The van der Waals surface area contributed by atoms with Crippen LogP contribution < -0.4 is 5.73 Å². The van der Waals surface area contributed by atoms with Crippen molar-refractivity contribution in [3.8, 4) is 5.69 Å². The fourth-order valence-electron chi connectivity index (χ4n) is 2.22. The first-order valence-corrected chi connectivity index (χ1v) is 7.79. The number of rotatable bonds is 4. The van der Waals surface area contributed by atoms with Gasteiger partial charge in [-0.1, -0.05) is 12.1 Å². The lowest BCUT2D eigenvalue weighted by Gasteiger charge is -2.22. The number of benzene rings is 1. The van der Waals surface area contributed by atoms with E-state index in [0.29, 0.717) is 10.7 Å². The molecule has 1 aromatic carbocycles. The summed E-state index contributed by atoms with van der Waals surface area (Å²) in [4.78, 5) is 23.4. The minimum Gasteiger partial charge on any atom is -0.477 e. The van der Waals surface area contributed by atoms with E-state index in [1.807, 2.05) is 0 Å². The molecule has 0 spiro atoms. The highest BCUT2D eigenvalue weighted by Gasteiger charge is 2.36. The molecule has 0 radical (unpaired) electrons. The quantitative estimate of drug-likeness (QED) is 0.784. The van der Waals surface area contributed by atoms with Crippen LogP contribution in [0.2, 0.25) is 0 Å². The Balaban J connectivity index is 2.45. The number of aromatic carboxylic acids is 1. The molecule has 146 valence electrons. The van der Waals surface area contributed by atoms with Crippen LogP contribution in [0.25, 0.3) is 5.69 Å². The molecule has 1 unspecified atom stereocenters. The average Bonchev–Trinajstić information content (AvgIpc) is 2.98. The van der Waals surface area contributed by atoms with E-state index in [1.54, 1.807) is 20.8 Å². The van der Waals surface area contributed by atoms with Crippen LogP contribution in [0.15, 0.2) is 30.3 Å². The number of halogens is 3. The van der Waals surface area contributed by atoms with Crippen molar-refractivity contribution in [2.24, 2.45) is 5.73 Å². The monoisotopic (exact) mass is 385 g/mol. The van der Waals surface area contributed by atoms with Crippen molar-refractivity contribution in [1.82, 2.24) is 9.78 Å². The second-order valence-corrected chi connectivity index (χ2v) is 6.74. The molecule has 0 aliphatic heterocycles. The van der Waals surface area contributed by atoms with Crippen LogP contribution in [-0.4, -0.2) is 32.4 Å². The molecule has 7 nitrogen and oxygen atoms in total. The van der Waals surface area contributed by atoms with Gasteiger partial charge >= 0.3 is 18.1 Å². The fourth-order valence-corrected chi connectivity index (χ4v) is 2.22. The third-order valence-electron chi connectivity index (χ3n) is 3.35. The van der Waals surface area contributed by atoms with Crippen LogP contribution in [-0.2, 0) is 15.7 Å². The molecule has 0 saturated heterocycles. The number of carboxylic acids is 1. The van der Waals surface area contributed by atoms with Crippen LogP contribution in [0.3, 0.4) is 0 Å². The van der Waals surface area contributed by atoms with Gasteiger partial charge in [-0.15, -0.1) is 0 Å². The number of carboxylic acid groups (broad SMARTS) is 1. The number of esters is 1. The number of nitrogens with two attached hydrogens (primary N) is 1. The maximum absolute atomic E-state index is 12.9. The summed E-state index contributed by atoms with van der Waals surface area (Å²) < 4.78 is 44.5. The van der Waals surface area contributed by atoms with Crippen molar-refractivity contribution in [2.75, 3.05) is 0 Å². The van der Waals surface area contributed by atoms with Gasteiger partial charge in [0.15, 0.2) is 11.4 Å². The lowest BCUT2D eigenvalue weighted by molar-refractivity contribution is -0.156. The standard InChI is InChI=1S/C17H18F3N3O4/c1-16(2,3)27-15(26)13(21)9-5-4-6-10(7-9)23-11(14(24)25)8-12(22-23)17(18,19)20/h4-8,13H,21H2,1-3H3,(H,24,25). The minimum absolute atomic E-state index is 0.0133. The normalized spacial score (nSPS) is 13.3. The van der Waals surface area contributed by atoms with Gasteiger partial charge in [0.2, 0.25) is 0 Å². The lowest BCUT2D eigenvalue weighted by atomic mass is 10.1. The molecule has 1 heterocycles. The van der Waals surface area contributed by atoms with Crippen LogP contribution in [0, 0.1) is 0 Å². The first kappa shape index (κ1) is 20.4. The number of alkyl halides is 3. The van der Waals surface area contributed by atoms with Crippen molar-refractivity contribution in [3.63, 3.8) is 0 Å². The van der Waals surface area contributed by atoms with Gasteiger partial charge < -0.3 is 15.6 Å². The molecule has 1 aromatic heterocycles. The minimum atomic E-state index is -4.81. The van der Waals surface area contributed by atoms with E-state index in [9.17, 15) is 27.9 Å². The first-order chi connectivity index (χ1) is 12.3. The molecule has 0 saturated carbocycles. The van der Waals surface area contributed by atoms with Gasteiger partial charge in [0, 0.05) is 6.07 Å². The molecular weight excluding hydrogens is 367 g/mol. The number of hydrogen-bond acceptors (Lipinski definition) is 5. The maximum Gasteiger partial charge on any atom is 0.435 e. The molecule has 0 bridgehead atoms. The topological polar surface area (TPSA) is 107 Å². The van der Waals surface area contributed by atoms with Gasteiger partial charge in [-0.05, 0) is 38.5 Å². The number of carbonyl (C=O) groups excluding carboxylic acids is 1. The number of aromatic nitrogens is 2. The summed E-state index contributed by atoms with van der Waals surface area (Å²) in [6, 6.07) is 4.78. The summed E-state index contributed by atoms with van der Waals surface area (Å²) in [5, 5.41) is 12.5. The molecule has 10 heteroatoms. The Morgan fingerprint density at radius 2 is 1.85 bits per heavy atom. The number of nitrogens with zero attached hydrogens (tertiary/aromatic N) is 2. The average molecular weight is 385 g/mol. The van der Waals surface area contributed by atoms with Gasteiger partial charge in [0.05, 0.1) is 5.69 Å². The van der Waals surface area contributed by atoms with E-state index < -0.39 is 41.1 Å². The highest BCUT2D eigenvalue weighted by atomic mass is 19.4. The van der Waals surface area contributed by atoms with E-state index in [1.165, 1.54) is 24.3 Å². The predicted molar refractivity (Wildman–Crippen MR) is 88.3 cm³/mol. The van der Waals surface area contributed by atoms with Crippen LogP contribution >= 0.6 is 0 Å². The second kappa shape index (κ2) is 7.03. The second-order valence-electron chi connectivity index (χ2n) is 6.74. The van der Waals surface area contributed by atoms with Crippen molar-refractivity contribution in [2.45, 2.75) is 38.6 Å². The first-order valence-electron chi connectivity index (χ1n) is 7.79. The van der Waals surface area contributed by atoms with Gasteiger partial charge in [0.1, 0.15) is 11.6 Å². The van der Waals surface area contributed by atoms with Crippen LogP contribution in [0.5, 0.6) is 0 Å². The van der Waals surface area contributed by atoms with E-state index in [0.717, 1.165) is 0 Å². The highest BCUT2D eigenvalue weighted by molar-refractivity contribution is 5.86. The predicted octanol–water partition coefficient (Wildman–Crippen LogP) is 2.93. The van der Waals surface area contributed by atoms with E-state index in [2.05, 4.69) is 5.10 Å². The zero-order valence-electron chi connectivity index (χ0n) is 14.7. The molecule has 3 N–H and O–H groups in total. The van der Waals surface area contributed by atoms with E-state index in [-0.39, 0.29) is 11.3 Å². The number of hydrogen-bond donors (Lipinski definition) is 2. The van der Waals surface area contributed by atoms with Crippen molar-refractivity contribution < 1.29 is 32.6 Å². The Morgan fingerprint density at radius 3 is 2.37 bits per heavy atom. The summed E-state index contributed by atoms with van der Waals surface area (Å²) >= 11 is 0.